The third kappa shape index (κ3) is 3.82. The normalized spacial score (nSPS) is 19.6. The summed E-state index contributed by atoms with van der Waals surface area (Å²) < 4.78 is 52.3. The molecule has 6 nitrogen and oxygen atoms in total. The van der Waals surface area contributed by atoms with E-state index >= 15 is 0 Å². The Bertz CT molecular complexity index is 1280. The second kappa shape index (κ2) is 8.15. The fourth-order valence-electron chi connectivity index (χ4n) is 4.31. The molecule has 33 heavy (non-hydrogen) atoms. The van der Waals surface area contributed by atoms with Gasteiger partial charge in [0, 0.05) is 35.9 Å². The zero-order valence-corrected chi connectivity index (χ0v) is 18.5. The van der Waals surface area contributed by atoms with Gasteiger partial charge >= 0.3 is 12.2 Å². The molecule has 2 amide bonds. The van der Waals surface area contributed by atoms with Crippen molar-refractivity contribution in [1.82, 2.24) is 4.90 Å². The number of nitrogens with zero attached hydrogens (tertiary/aromatic N) is 3. The molecule has 10 heteroatoms. The van der Waals surface area contributed by atoms with Crippen LogP contribution >= 0.6 is 0 Å². The number of rotatable bonds is 3. The highest BCUT2D eigenvalue weighted by atomic mass is 32.2. The Kier molecular flexibility index (Phi) is 5.62. The number of nitriles is 1. The van der Waals surface area contributed by atoms with Gasteiger partial charge < -0.3 is 4.90 Å². The molecule has 1 aliphatic carbocycles. The van der Waals surface area contributed by atoms with E-state index in [1.54, 1.807) is 6.07 Å². The molecule has 1 heterocycles. The molecule has 1 aliphatic heterocycles. The first-order valence-electron chi connectivity index (χ1n) is 9.92. The van der Waals surface area contributed by atoms with Crippen LogP contribution in [0.3, 0.4) is 0 Å². The summed E-state index contributed by atoms with van der Waals surface area (Å²) in [5.41, 5.74) is 0.459. The Morgan fingerprint density at radius 1 is 1.12 bits per heavy atom. The summed E-state index contributed by atoms with van der Waals surface area (Å²) in [7, 11) is -0.0707. The first-order chi connectivity index (χ1) is 15.5. The molecule has 0 bridgehead atoms. The summed E-state index contributed by atoms with van der Waals surface area (Å²) in [6, 6.07) is 9.46. The SMILES string of the molecule is CN1C(=O)N(c2cccc(C(F)(F)F)c2)C2=C(C(=O)CC2)[C@H]1c1ccc(C#N)cc1S(C)=O. The van der Waals surface area contributed by atoms with Crippen molar-refractivity contribution in [3.05, 3.63) is 70.4 Å². The van der Waals surface area contributed by atoms with E-state index in [2.05, 4.69) is 0 Å². The Morgan fingerprint density at radius 2 is 1.85 bits per heavy atom. The Hall–Kier alpha value is -3.45. The molecule has 2 aromatic carbocycles. The molecule has 0 spiro atoms. The minimum atomic E-state index is -4.59. The van der Waals surface area contributed by atoms with Crippen LogP contribution in [0.1, 0.15) is 35.6 Å². The predicted octanol–water partition coefficient (Wildman–Crippen LogP) is 4.54. The average Bonchev–Trinajstić information content (AvgIpc) is 3.14. The molecular weight excluding hydrogens is 455 g/mol. The number of likely N-dealkylation sites (N-methyl/N-ethyl adjacent to an activating group) is 1. The molecular formula is C23H18F3N3O3S. The molecule has 2 atom stereocenters. The lowest BCUT2D eigenvalue weighted by atomic mass is 9.92. The number of urea groups is 1. The van der Waals surface area contributed by atoms with Gasteiger partial charge in [0.1, 0.15) is 0 Å². The number of anilines is 1. The average molecular weight is 473 g/mol. The minimum absolute atomic E-state index is 0.0152. The smallest absolute Gasteiger partial charge is 0.316 e. The summed E-state index contributed by atoms with van der Waals surface area (Å²) >= 11 is 0. The summed E-state index contributed by atoms with van der Waals surface area (Å²) in [6.45, 7) is 0. The van der Waals surface area contributed by atoms with Gasteiger partial charge in [-0.2, -0.15) is 18.4 Å². The number of benzene rings is 2. The van der Waals surface area contributed by atoms with Crippen molar-refractivity contribution in [2.75, 3.05) is 18.2 Å². The van der Waals surface area contributed by atoms with Crippen LogP contribution in [0.4, 0.5) is 23.7 Å². The second-order valence-electron chi connectivity index (χ2n) is 7.78. The van der Waals surface area contributed by atoms with E-state index in [1.165, 1.54) is 42.5 Å². The maximum atomic E-state index is 13.4. The van der Waals surface area contributed by atoms with Crippen LogP contribution in [0, 0.1) is 11.3 Å². The van der Waals surface area contributed by atoms with Crippen LogP contribution in [0.15, 0.2) is 58.6 Å². The number of carbonyl (C=O) groups is 2. The maximum absolute atomic E-state index is 13.4. The van der Waals surface area contributed by atoms with E-state index < -0.39 is 34.6 Å². The molecule has 2 aliphatic rings. The highest BCUT2D eigenvalue weighted by molar-refractivity contribution is 7.84. The molecule has 0 N–H and O–H groups in total. The highest BCUT2D eigenvalue weighted by Gasteiger charge is 2.45. The van der Waals surface area contributed by atoms with E-state index in [4.69, 9.17) is 0 Å². The van der Waals surface area contributed by atoms with Crippen molar-refractivity contribution >= 4 is 28.3 Å². The van der Waals surface area contributed by atoms with Crippen molar-refractivity contribution in [2.24, 2.45) is 0 Å². The molecule has 0 saturated heterocycles. The lowest BCUT2D eigenvalue weighted by Crippen LogP contribution is -2.48. The topological polar surface area (TPSA) is 81.5 Å². The number of halogens is 3. The van der Waals surface area contributed by atoms with Crippen LogP contribution in [0.5, 0.6) is 0 Å². The fraction of sp³-hybridized carbons (Fsp3) is 0.261. The van der Waals surface area contributed by atoms with Crippen molar-refractivity contribution in [1.29, 1.82) is 5.26 Å². The van der Waals surface area contributed by atoms with Crippen LogP contribution in [-0.2, 0) is 21.8 Å². The third-order valence-electron chi connectivity index (χ3n) is 5.80. The fourth-order valence-corrected chi connectivity index (χ4v) is 5.12. The number of ketones is 1. The van der Waals surface area contributed by atoms with Gasteiger partial charge in [-0.1, -0.05) is 12.1 Å². The van der Waals surface area contributed by atoms with Crippen molar-refractivity contribution in [2.45, 2.75) is 30.0 Å². The summed E-state index contributed by atoms with van der Waals surface area (Å²) in [4.78, 5) is 29.1. The van der Waals surface area contributed by atoms with E-state index in [0.717, 1.165) is 17.0 Å². The molecule has 0 saturated carbocycles. The number of hydrogen-bond acceptors (Lipinski definition) is 4. The van der Waals surface area contributed by atoms with Crippen molar-refractivity contribution in [3.63, 3.8) is 0 Å². The first kappa shape index (κ1) is 22.7. The first-order valence-corrected chi connectivity index (χ1v) is 11.5. The van der Waals surface area contributed by atoms with Crippen LogP contribution in [0.2, 0.25) is 0 Å². The van der Waals surface area contributed by atoms with Crippen LogP contribution in [-0.4, -0.2) is 34.2 Å². The standard InChI is InChI=1S/C23H18F3N3O3S/c1-28-21(16-7-6-13(12-27)10-19(16)33(2)32)20-17(8-9-18(20)30)29(22(28)31)15-5-3-4-14(11-15)23(24,25)26/h3-7,10-11,21H,8-9H2,1-2H3/t21-,33?/m1/s1. The Labute approximate surface area is 190 Å². The summed E-state index contributed by atoms with van der Waals surface area (Å²) in [5.74, 6) is -0.233. The van der Waals surface area contributed by atoms with Gasteiger partial charge in [0.05, 0.1) is 39.7 Å². The number of amides is 2. The van der Waals surface area contributed by atoms with E-state index in [1.807, 2.05) is 6.07 Å². The molecule has 0 radical (unpaired) electrons. The largest absolute Gasteiger partial charge is 0.416 e. The molecule has 2 aromatic rings. The minimum Gasteiger partial charge on any atom is -0.316 e. The molecule has 0 fully saturated rings. The van der Waals surface area contributed by atoms with Gasteiger partial charge in [-0.05, 0) is 42.3 Å². The summed E-state index contributed by atoms with van der Waals surface area (Å²) in [5, 5.41) is 9.21. The van der Waals surface area contributed by atoms with Gasteiger partial charge in [-0.25, -0.2) is 4.79 Å². The summed E-state index contributed by atoms with van der Waals surface area (Å²) in [6.07, 6.45) is -2.85. The monoisotopic (exact) mass is 473 g/mol. The molecule has 0 aromatic heterocycles. The third-order valence-corrected chi connectivity index (χ3v) is 6.78. The number of alkyl halides is 3. The quantitative estimate of drug-likeness (QED) is 0.655. The van der Waals surface area contributed by atoms with E-state index in [9.17, 15) is 32.2 Å². The lowest BCUT2D eigenvalue weighted by molar-refractivity contribution is -0.137. The van der Waals surface area contributed by atoms with Crippen molar-refractivity contribution in [3.8, 4) is 6.07 Å². The van der Waals surface area contributed by atoms with Gasteiger partial charge in [0.2, 0.25) is 0 Å². The van der Waals surface area contributed by atoms with E-state index in [-0.39, 0.29) is 35.4 Å². The molecule has 1 unspecified atom stereocenters. The maximum Gasteiger partial charge on any atom is 0.416 e. The van der Waals surface area contributed by atoms with E-state index in [0.29, 0.717) is 16.2 Å². The lowest BCUT2D eigenvalue weighted by Gasteiger charge is -2.40. The van der Waals surface area contributed by atoms with Gasteiger partial charge in [0.25, 0.3) is 0 Å². The number of hydrogen-bond donors (Lipinski definition) is 0. The Balaban J connectivity index is 1.92. The predicted molar refractivity (Wildman–Crippen MR) is 115 cm³/mol. The highest BCUT2D eigenvalue weighted by Crippen LogP contribution is 2.46. The Morgan fingerprint density at radius 3 is 2.48 bits per heavy atom. The number of allylic oxidation sites excluding steroid dienone is 1. The van der Waals surface area contributed by atoms with Crippen LogP contribution in [0.25, 0.3) is 0 Å². The molecule has 170 valence electrons. The van der Waals surface area contributed by atoms with Gasteiger partial charge in [0.15, 0.2) is 5.78 Å². The second-order valence-corrected chi connectivity index (χ2v) is 9.13. The molecule has 4 rings (SSSR count). The zero-order valence-electron chi connectivity index (χ0n) is 17.6. The van der Waals surface area contributed by atoms with Gasteiger partial charge in [-0.15, -0.1) is 0 Å². The van der Waals surface area contributed by atoms with Gasteiger partial charge in [-0.3, -0.25) is 13.9 Å². The number of carbonyl (C=O) groups excluding carboxylic acids is 2. The van der Waals surface area contributed by atoms with Crippen molar-refractivity contribution < 1.29 is 27.0 Å². The number of Topliss-reactive ketones (excluding diaryl/α,β-unsaturated/α-hetero) is 1. The van der Waals surface area contributed by atoms with Crippen LogP contribution < -0.4 is 4.90 Å². The zero-order chi connectivity index (χ0) is 24.1.